The van der Waals surface area contributed by atoms with Crippen molar-refractivity contribution in [3.05, 3.63) is 24.0 Å². The minimum absolute atomic E-state index is 0.177. The van der Waals surface area contributed by atoms with E-state index in [-0.39, 0.29) is 10.8 Å². The molecule has 170 valence electrons. The van der Waals surface area contributed by atoms with E-state index < -0.39 is 10.0 Å². The second-order valence-corrected chi connectivity index (χ2v) is 11.0. The van der Waals surface area contributed by atoms with Crippen molar-refractivity contribution in [3.63, 3.8) is 0 Å². The van der Waals surface area contributed by atoms with Gasteiger partial charge in [0.1, 0.15) is 5.82 Å². The number of hydrogen-bond acceptors (Lipinski definition) is 5. The Bertz CT molecular complexity index is 1050. The van der Waals surface area contributed by atoms with Gasteiger partial charge in [-0.25, -0.2) is 17.7 Å². The fourth-order valence-electron chi connectivity index (χ4n) is 4.30. The van der Waals surface area contributed by atoms with Crippen molar-refractivity contribution in [1.29, 1.82) is 0 Å². The number of piperazine rings is 1. The van der Waals surface area contributed by atoms with Gasteiger partial charge < -0.3 is 9.47 Å². The quantitative estimate of drug-likeness (QED) is 0.617. The van der Waals surface area contributed by atoms with Crippen LogP contribution in [0.15, 0.2) is 23.1 Å². The molecule has 2 heterocycles. The van der Waals surface area contributed by atoms with E-state index in [9.17, 15) is 13.2 Å². The maximum absolute atomic E-state index is 12.8. The number of hydrogen-bond donors (Lipinski definition) is 0. The Kier molecular flexibility index (Phi) is 6.37. The van der Waals surface area contributed by atoms with Gasteiger partial charge in [0.2, 0.25) is 15.9 Å². The van der Waals surface area contributed by atoms with E-state index in [1.807, 2.05) is 17.9 Å². The summed E-state index contributed by atoms with van der Waals surface area (Å²) in [5, 5.41) is 0. The molecule has 1 saturated heterocycles. The van der Waals surface area contributed by atoms with E-state index in [1.165, 1.54) is 37.8 Å². The average Bonchev–Trinajstić information content (AvgIpc) is 3.49. The molecule has 2 aromatic rings. The molecule has 1 aliphatic heterocycles. The smallest absolute Gasteiger partial charge is 0.242 e. The zero-order chi connectivity index (χ0) is 22.2. The van der Waals surface area contributed by atoms with Crippen molar-refractivity contribution in [2.24, 2.45) is 5.92 Å². The molecule has 9 heteroatoms. The van der Waals surface area contributed by atoms with Crippen LogP contribution in [0.2, 0.25) is 0 Å². The number of rotatable bonds is 8. The van der Waals surface area contributed by atoms with Crippen molar-refractivity contribution in [2.45, 2.75) is 44.0 Å². The van der Waals surface area contributed by atoms with Crippen molar-refractivity contribution in [2.75, 3.05) is 46.8 Å². The average molecular weight is 448 g/mol. The second kappa shape index (κ2) is 8.88. The van der Waals surface area contributed by atoms with Gasteiger partial charge in [-0.15, -0.1) is 0 Å². The third kappa shape index (κ3) is 4.78. The molecule has 0 radical (unpaired) electrons. The number of nitrogens with zero attached hydrogens (tertiary/aromatic N) is 5. The molecule has 0 N–H and O–H groups in total. The topological polar surface area (TPSA) is 78.8 Å². The third-order valence-electron chi connectivity index (χ3n) is 6.39. The molecule has 8 nitrogen and oxygen atoms in total. The molecule has 1 aliphatic carbocycles. The Labute approximate surface area is 184 Å². The highest BCUT2D eigenvalue weighted by Gasteiger charge is 2.27. The molecule has 0 bridgehead atoms. The van der Waals surface area contributed by atoms with Crippen LogP contribution < -0.4 is 0 Å². The van der Waals surface area contributed by atoms with Crippen molar-refractivity contribution >= 4 is 27.0 Å². The Morgan fingerprint density at radius 3 is 2.48 bits per heavy atom. The van der Waals surface area contributed by atoms with Crippen LogP contribution in [-0.2, 0) is 27.8 Å². The molecular formula is C22H33N5O3S. The van der Waals surface area contributed by atoms with Gasteiger partial charge in [0.25, 0.3) is 0 Å². The van der Waals surface area contributed by atoms with Gasteiger partial charge in [0.05, 0.1) is 15.9 Å². The molecule has 2 aliphatic rings. The van der Waals surface area contributed by atoms with Crippen LogP contribution >= 0.6 is 0 Å². The first-order chi connectivity index (χ1) is 14.8. The predicted octanol–water partition coefficient (Wildman–Crippen LogP) is 1.79. The summed E-state index contributed by atoms with van der Waals surface area (Å²) in [5.74, 6) is 1.90. The lowest BCUT2D eigenvalue weighted by Crippen LogP contribution is -2.49. The summed E-state index contributed by atoms with van der Waals surface area (Å²) >= 11 is 0. The van der Waals surface area contributed by atoms with Gasteiger partial charge in [-0.1, -0.05) is 0 Å². The summed E-state index contributed by atoms with van der Waals surface area (Å²) in [5.41, 5.74) is 1.55. The molecule has 0 unspecified atom stereocenters. The minimum atomic E-state index is -3.51. The number of aromatic nitrogens is 2. The molecule has 2 fully saturated rings. The van der Waals surface area contributed by atoms with Crippen LogP contribution in [-0.4, -0.2) is 84.8 Å². The molecule has 0 spiro atoms. The Balaban J connectivity index is 1.42. The number of benzene rings is 1. The SMILES string of the molecule is CCn1c(CCC(=O)N2CCN(CC3CC3)CC2)nc2cc(S(=O)(=O)N(C)C)ccc21. The summed E-state index contributed by atoms with van der Waals surface area (Å²) in [6.07, 6.45) is 3.70. The maximum Gasteiger partial charge on any atom is 0.242 e. The minimum Gasteiger partial charge on any atom is -0.340 e. The summed E-state index contributed by atoms with van der Waals surface area (Å²) in [4.78, 5) is 22.2. The highest BCUT2D eigenvalue weighted by atomic mass is 32.2. The van der Waals surface area contributed by atoms with Gasteiger partial charge in [-0.05, 0) is 43.9 Å². The highest BCUT2D eigenvalue weighted by molar-refractivity contribution is 7.89. The molecular weight excluding hydrogens is 414 g/mol. The summed E-state index contributed by atoms with van der Waals surface area (Å²) < 4.78 is 28.2. The normalized spacial score (nSPS) is 18.3. The Morgan fingerprint density at radius 2 is 1.87 bits per heavy atom. The van der Waals surface area contributed by atoms with Crippen LogP contribution in [0.3, 0.4) is 0 Å². The first kappa shape index (κ1) is 22.2. The Hall–Kier alpha value is -1.97. The van der Waals surface area contributed by atoms with E-state index in [0.717, 1.165) is 50.0 Å². The lowest BCUT2D eigenvalue weighted by molar-refractivity contribution is -0.132. The molecule has 1 aromatic carbocycles. The number of amides is 1. The maximum atomic E-state index is 12.8. The monoisotopic (exact) mass is 447 g/mol. The lowest BCUT2D eigenvalue weighted by Gasteiger charge is -2.34. The van der Waals surface area contributed by atoms with Crippen molar-refractivity contribution in [3.8, 4) is 0 Å². The molecule has 1 amide bonds. The second-order valence-electron chi connectivity index (χ2n) is 8.84. The number of aryl methyl sites for hydroxylation is 2. The summed E-state index contributed by atoms with van der Waals surface area (Å²) in [6, 6.07) is 5.06. The van der Waals surface area contributed by atoms with Crippen LogP contribution in [0.4, 0.5) is 0 Å². The van der Waals surface area contributed by atoms with E-state index >= 15 is 0 Å². The molecule has 1 aromatic heterocycles. The standard InChI is InChI=1S/C22H33N5O3S/c1-4-27-20-8-7-18(31(29,30)24(2)3)15-19(20)23-21(27)9-10-22(28)26-13-11-25(12-14-26)16-17-5-6-17/h7-8,15,17H,4-6,9-14,16H2,1-3H3. The van der Waals surface area contributed by atoms with Crippen LogP contribution in [0.1, 0.15) is 32.0 Å². The molecule has 31 heavy (non-hydrogen) atoms. The van der Waals surface area contributed by atoms with Gasteiger partial charge in [-0.3, -0.25) is 9.69 Å². The number of carbonyl (C=O) groups is 1. The number of carbonyl (C=O) groups excluding carboxylic acids is 1. The fourth-order valence-corrected chi connectivity index (χ4v) is 5.22. The first-order valence-corrected chi connectivity index (χ1v) is 12.7. The van der Waals surface area contributed by atoms with Crippen LogP contribution in [0.5, 0.6) is 0 Å². The van der Waals surface area contributed by atoms with E-state index in [1.54, 1.807) is 12.1 Å². The van der Waals surface area contributed by atoms with Gasteiger partial charge in [0.15, 0.2) is 0 Å². The van der Waals surface area contributed by atoms with Crippen molar-refractivity contribution < 1.29 is 13.2 Å². The number of fused-ring (bicyclic) bond motifs is 1. The number of imidazole rings is 1. The molecule has 4 rings (SSSR count). The first-order valence-electron chi connectivity index (χ1n) is 11.2. The zero-order valence-corrected chi connectivity index (χ0v) is 19.6. The number of sulfonamides is 1. The van der Waals surface area contributed by atoms with Crippen LogP contribution in [0, 0.1) is 5.92 Å². The Morgan fingerprint density at radius 1 is 1.16 bits per heavy atom. The van der Waals surface area contributed by atoms with Gasteiger partial charge in [0, 0.05) is 66.2 Å². The van der Waals surface area contributed by atoms with Gasteiger partial charge >= 0.3 is 0 Å². The highest BCUT2D eigenvalue weighted by Crippen LogP contribution is 2.30. The summed E-state index contributed by atoms with van der Waals surface area (Å²) in [6.45, 7) is 7.50. The molecule has 1 saturated carbocycles. The largest absolute Gasteiger partial charge is 0.340 e. The van der Waals surface area contributed by atoms with Crippen molar-refractivity contribution in [1.82, 2.24) is 23.7 Å². The predicted molar refractivity (Wildman–Crippen MR) is 120 cm³/mol. The fraction of sp³-hybridized carbons (Fsp3) is 0.636. The lowest BCUT2D eigenvalue weighted by atomic mass is 10.2. The zero-order valence-electron chi connectivity index (χ0n) is 18.7. The third-order valence-corrected chi connectivity index (χ3v) is 8.21. The van der Waals surface area contributed by atoms with E-state index in [2.05, 4.69) is 14.5 Å². The van der Waals surface area contributed by atoms with E-state index in [4.69, 9.17) is 0 Å². The van der Waals surface area contributed by atoms with E-state index in [0.29, 0.717) is 18.4 Å². The van der Waals surface area contributed by atoms with Crippen LogP contribution in [0.25, 0.3) is 11.0 Å². The summed E-state index contributed by atoms with van der Waals surface area (Å²) in [7, 11) is -0.466. The molecule has 0 atom stereocenters. The van der Waals surface area contributed by atoms with Gasteiger partial charge in [-0.2, -0.15) is 0 Å².